The molecule has 7 nitrogen and oxygen atoms in total. The molecule has 1 aromatic carbocycles. The molecule has 1 atom stereocenters. The average Bonchev–Trinajstić information content (AvgIpc) is 2.83. The highest BCUT2D eigenvalue weighted by atomic mass is 16.5. The molecule has 1 aliphatic heterocycles. The molecule has 0 spiro atoms. The SMILES string of the molecule is COc1cc(OC)c2ncc(C(=O)O)c(N3CCCC(O)CC3)c2c1. The third kappa shape index (κ3) is 3.32. The van der Waals surface area contributed by atoms with Gasteiger partial charge in [0, 0.05) is 30.7 Å². The van der Waals surface area contributed by atoms with E-state index in [2.05, 4.69) is 4.98 Å². The lowest BCUT2D eigenvalue weighted by molar-refractivity contribution is 0.0697. The van der Waals surface area contributed by atoms with Crippen molar-refractivity contribution in [3.63, 3.8) is 0 Å². The number of carboxylic acid groups (broad SMARTS) is 1. The molecule has 1 unspecified atom stereocenters. The van der Waals surface area contributed by atoms with Gasteiger partial charge in [-0.1, -0.05) is 0 Å². The van der Waals surface area contributed by atoms with Gasteiger partial charge >= 0.3 is 5.97 Å². The molecule has 0 amide bonds. The standard InChI is InChI=1S/C18H22N2O5/c1-24-12-8-13-16(15(9-12)25-2)19-10-14(18(22)23)17(13)20-6-3-4-11(21)5-7-20/h8-11,21H,3-7H2,1-2H3,(H,22,23). The number of benzene rings is 1. The minimum atomic E-state index is -1.03. The zero-order valence-corrected chi connectivity index (χ0v) is 14.4. The smallest absolute Gasteiger partial charge is 0.339 e. The second kappa shape index (κ2) is 7.14. The Morgan fingerprint density at radius 2 is 2.04 bits per heavy atom. The fourth-order valence-electron chi connectivity index (χ4n) is 3.30. The van der Waals surface area contributed by atoms with Gasteiger partial charge in [-0.25, -0.2) is 4.79 Å². The van der Waals surface area contributed by atoms with Crippen LogP contribution in [0.2, 0.25) is 0 Å². The van der Waals surface area contributed by atoms with Crippen LogP contribution in [0.1, 0.15) is 29.6 Å². The summed E-state index contributed by atoms with van der Waals surface area (Å²) in [7, 11) is 3.10. The molecule has 0 saturated carbocycles. The van der Waals surface area contributed by atoms with Crippen LogP contribution in [-0.2, 0) is 0 Å². The molecule has 0 radical (unpaired) electrons. The molecule has 1 aromatic heterocycles. The second-order valence-electron chi connectivity index (χ2n) is 6.12. The third-order valence-corrected chi connectivity index (χ3v) is 4.58. The van der Waals surface area contributed by atoms with Crippen molar-refractivity contribution in [2.75, 3.05) is 32.2 Å². The van der Waals surface area contributed by atoms with Crippen LogP contribution in [-0.4, -0.2) is 54.6 Å². The summed E-state index contributed by atoms with van der Waals surface area (Å²) in [6, 6.07) is 3.51. The predicted molar refractivity (Wildman–Crippen MR) is 93.9 cm³/mol. The molecule has 134 valence electrons. The molecule has 1 aliphatic rings. The van der Waals surface area contributed by atoms with E-state index in [0.29, 0.717) is 54.0 Å². The van der Waals surface area contributed by atoms with E-state index in [1.54, 1.807) is 26.4 Å². The van der Waals surface area contributed by atoms with E-state index in [-0.39, 0.29) is 11.7 Å². The highest BCUT2D eigenvalue weighted by Crippen LogP contribution is 2.38. The summed E-state index contributed by atoms with van der Waals surface area (Å²) in [6.07, 6.45) is 3.13. The van der Waals surface area contributed by atoms with Gasteiger partial charge in [0.15, 0.2) is 0 Å². The number of pyridine rings is 1. The van der Waals surface area contributed by atoms with Crippen LogP contribution >= 0.6 is 0 Å². The first kappa shape index (κ1) is 17.3. The number of carbonyl (C=O) groups is 1. The molecule has 0 aliphatic carbocycles. The maximum atomic E-state index is 11.8. The van der Waals surface area contributed by atoms with Crippen molar-refractivity contribution in [3.05, 3.63) is 23.9 Å². The quantitative estimate of drug-likeness (QED) is 0.877. The maximum absolute atomic E-state index is 11.8. The Morgan fingerprint density at radius 3 is 2.72 bits per heavy atom. The summed E-state index contributed by atoms with van der Waals surface area (Å²) in [5.41, 5.74) is 1.33. The van der Waals surface area contributed by atoms with E-state index in [1.807, 2.05) is 4.90 Å². The summed E-state index contributed by atoms with van der Waals surface area (Å²) >= 11 is 0. The summed E-state index contributed by atoms with van der Waals surface area (Å²) in [6.45, 7) is 1.26. The van der Waals surface area contributed by atoms with Crippen LogP contribution in [0, 0.1) is 0 Å². The molecular formula is C18H22N2O5. The molecular weight excluding hydrogens is 324 g/mol. The van der Waals surface area contributed by atoms with E-state index in [9.17, 15) is 15.0 Å². The molecule has 2 heterocycles. The lowest BCUT2D eigenvalue weighted by Crippen LogP contribution is -2.27. The van der Waals surface area contributed by atoms with Gasteiger partial charge in [0.25, 0.3) is 0 Å². The number of ether oxygens (including phenoxy) is 2. The Morgan fingerprint density at radius 1 is 1.24 bits per heavy atom. The van der Waals surface area contributed by atoms with Crippen molar-refractivity contribution in [1.29, 1.82) is 0 Å². The predicted octanol–water partition coefficient (Wildman–Crippen LogP) is 2.30. The van der Waals surface area contributed by atoms with E-state index in [1.165, 1.54) is 6.20 Å². The van der Waals surface area contributed by atoms with Crippen LogP contribution in [0.5, 0.6) is 11.5 Å². The number of hydrogen-bond acceptors (Lipinski definition) is 6. The Hall–Kier alpha value is -2.54. The van der Waals surface area contributed by atoms with Crippen molar-refractivity contribution >= 4 is 22.6 Å². The molecule has 3 rings (SSSR count). The lowest BCUT2D eigenvalue weighted by Gasteiger charge is -2.26. The van der Waals surface area contributed by atoms with E-state index >= 15 is 0 Å². The number of anilines is 1. The number of methoxy groups -OCH3 is 2. The number of aliphatic hydroxyl groups is 1. The molecule has 1 saturated heterocycles. The minimum Gasteiger partial charge on any atom is -0.497 e. The first-order valence-electron chi connectivity index (χ1n) is 8.26. The Balaban J connectivity index is 2.25. The number of aromatic carboxylic acids is 1. The van der Waals surface area contributed by atoms with E-state index < -0.39 is 5.97 Å². The highest BCUT2D eigenvalue weighted by molar-refractivity contribution is 6.06. The van der Waals surface area contributed by atoms with Crippen molar-refractivity contribution in [1.82, 2.24) is 4.98 Å². The summed E-state index contributed by atoms with van der Waals surface area (Å²) < 4.78 is 10.7. The highest BCUT2D eigenvalue weighted by Gasteiger charge is 2.24. The Labute approximate surface area is 145 Å². The first-order valence-corrected chi connectivity index (χ1v) is 8.26. The monoisotopic (exact) mass is 346 g/mol. The van der Waals surface area contributed by atoms with Crippen LogP contribution < -0.4 is 14.4 Å². The summed E-state index contributed by atoms with van der Waals surface area (Å²) in [4.78, 5) is 18.1. The van der Waals surface area contributed by atoms with Crippen molar-refractivity contribution in [2.24, 2.45) is 0 Å². The normalized spacial score (nSPS) is 18.0. The minimum absolute atomic E-state index is 0.138. The molecule has 2 N–H and O–H groups in total. The van der Waals surface area contributed by atoms with E-state index in [4.69, 9.17) is 9.47 Å². The molecule has 7 heteroatoms. The summed E-state index contributed by atoms with van der Waals surface area (Å²) in [5, 5.41) is 20.2. The van der Waals surface area contributed by atoms with Crippen LogP contribution in [0.4, 0.5) is 5.69 Å². The number of aliphatic hydroxyl groups excluding tert-OH is 1. The number of carboxylic acids is 1. The number of hydrogen-bond donors (Lipinski definition) is 2. The van der Waals surface area contributed by atoms with E-state index in [0.717, 1.165) is 6.42 Å². The van der Waals surface area contributed by atoms with Gasteiger partial charge in [0.05, 0.1) is 26.0 Å². The lowest BCUT2D eigenvalue weighted by atomic mass is 10.1. The number of rotatable bonds is 4. The zero-order valence-electron chi connectivity index (χ0n) is 14.4. The van der Waals surface area contributed by atoms with Gasteiger partial charge in [-0.3, -0.25) is 4.98 Å². The molecule has 0 bridgehead atoms. The van der Waals surface area contributed by atoms with Gasteiger partial charge in [0.2, 0.25) is 0 Å². The molecule has 1 fully saturated rings. The van der Waals surface area contributed by atoms with Gasteiger partial charge in [0.1, 0.15) is 22.6 Å². The number of fused-ring (bicyclic) bond motifs is 1. The van der Waals surface area contributed by atoms with Crippen molar-refractivity contribution in [2.45, 2.75) is 25.4 Å². The molecule has 2 aromatic rings. The zero-order chi connectivity index (χ0) is 18.0. The van der Waals surface area contributed by atoms with Crippen LogP contribution in [0.25, 0.3) is 10.9 Å². The van der Waals surface area contributed by atoms with Gasteiger partial charge in [-0.05, 0) is 25.3 Å². The van der Waals surface area contributed by atoms with Crippen LogP contribution in [0.3, 0.4) is 0 Å². The Kier molecular flexibility index (Phi) is 4.94. The fourth-order valence-corrected chi connectivity index (χ4v) is 3.30. The fraction of sp³-hybridized carbons (Fsp3) is 0.444. The summed E-state index contributed by atoms with van der Waals surface area (Å²) in [5.74, 6) is 0.0724. The number of aromatic nitrogens is 1. The van der Waals surface area contributed by atoms with Crippen molar-refractivity contribution in [3.8, 4) is 11.5 Å². The maximum Gasteiger partial charge on any atom is 0.339 e. The molecule has 25 heavy (non-hydrogen) atoms. The topological polar surface area (TPSA) is 92.1 Å². The van der Waals surface area contributed by atoms with Gasteiger partial charge < -0.3 is 24.6 Å². The Bertz CT molecular complexity index is 793. The number of nitrogens with zero attached hydrogens (tertiary/aromatic N) is 2. The largest absolute Gasteiger partial charge is 0.497 e. The van der Waals surface area contributed by atoms with Gasteiger partial charge in [-0.15, -0.1) is 0 Å². The third-order valence-electron chi connectivity index (χ3n) is 4.58. The van der Waals surface area contributed by atoms with Crippen molar-refractivity contribution < 1.29 is 24.5 Å². The first-order chi connectivity index (χ1) is 12.0. The second-order valence-corrected chi connectivity index (χ2v) is 6.12. The average molecular weight is 346 g/mol. The van der Waals surface area contributed by atoms with Crippen LogP contribution in [0.15, 0.2) is 18.3 Å². The van der Waals surface area contributed by atoms with Gasteiger partial charge in [-0.2, -0.15) is 0 Å².